The number of hydrogen-bond acceptors (Lipinski definition) is 3. The van der Waals surface area contributed by atoms with E-state index in [4.69, 9.17) is 10.8 Å². The fourth-order valence-electron chi connectivity index (χ4n) is 0.567. The zero-order chi connectivity index (χ0) is 8.15. The molecule has 0 saturated heterocycles. The van der Waals surface area contributed by atoms with Gasteiger partial charge in [0.25, 0.3) is 0 Å². The highest BCUT2D eigenvalue weighted by Crippen LogP contribution is 2.11. The van der Waals surface area contributed by atoms with Crippen LogP contribution >= 0.6 is 11.8 Å². The second-order valence-corrected chi connectivity index (χ2v) is 3.68. The number of nitrogens with two attached hydrogens (primary N) is 1. The lowest BCUT2D eigenvalue weighted by atomic mass is 10.2. The van der Waals surface area contributed by atoms with Crippen molar-refractivity contribution in [2.75, 3.05) is 5.75 Å². The summed E-state index contributed by atoms with van der Waals surface area (Å²) in [6.07, 6.45) is 0. The quantitative estimate of drug-likeness (QED) is 0.635. The first-order valence-electron chi connectivity index (χ1n) is 3.19. The molecule has 4 heteroatoms. The molecule has 0 spiro atoms. The summed E-state index contributed by atoms with van der Waals surface area (Å²) < 4.78 is 0. The molecule has 0 aromatic carbocycles. The Bertz CT molecular complexity index is 118. The van der Waals surface area contributed by atoms with Crippen LogP contribution in [0.15, 0.2) is 0 Å². The van der Waals surface area contributed by atoms with Gasteiger partial charge in [0.15, 0.2) is 0 Å². The minimum Gasteiger partial charge on any atom is -0.480 e. The summed E-state index contributed by atoms with van der Waals surface area (Å²) in [5.74, 6) is -0.0178. The van der Waals surface area contributed by atoms with Gasteiger partial charge in [-0.1, -0.05) is 13.8 Å². The summed E-state index contributed by atoms with van der Waals surface area (Å²) in [7, 11) is 0. The second-order valence-electron chi connectivity index (χ2n) is 2.02. The summed E-state index contributed by atoms with van der Waals surface area (Å²) in [4.78, 5) is 10.3. The summed E-state index contributed by atoms with van der Waals surface area (Å²) in [6, 6.07) is -0.732. The number of thioether (sulfide) groups is 1. The van der Waals surface area contributed by atoms with Crippen LogP contribution < -0.4 is 5.73 Å². The van der Waals surface area contributed by atoms with Gasteiger partial charge in [-0.05, 0) is 5.75 Å². The van der Waals surface area contributed by atoms with Gasteiger partial charge in [0, 0.05) is 5.25 Å². The van der Waals surface area contributed by atoms with Crippen molar-refractivity contribution in [2.45, 2.75) is 25.1 Å². The number of aliphatic carboxylic acids is 1. The molecule has 0 radical (unpaired) electrons. The van der Waals surface area contributed by atoms with Crippen molar-refractivity contribution in [2.24, 2.45) is 5.73 Å². The molecule has 0 rings (SSSR count). The van der Waals surface area contributed by atoms with Crippen molar-refractivity contribution in [3.05, 3.63) is 0 Å². The summed E-state index contributed by atoms with van der Waals surface area (Å²) in [5, 5.41) is 8.44. The van der Waals surface area contributed by atoms with Crippen molar-refractivity contribution in [1.29, 1.82) is 0 Å². The predicted molar refractivity (Wildman–Crippen MR) is 43.2 cm³/mol. The first-order chi connectivity index (χ1) is 4.59. The van der Waals surface area contributed by atoms with E-state index < -0.39 is 12.0 Å². The molecule has 3 nitrogen and oxygen atoms in total. The Balaban J connectivity index is 3.69. The average Bonchev–Trinajstić information content (AvgIpc) is 1.87. The summed E-state index contributed by atoms with van der Waals surface area (Å²) in [5.41, 5.74) is 5.33. The van der Waals surface area contributed by atoms with Crippen molar-refractivity contribution in [1.82, 2.24) is 0 Å². The number of carbonyl (C=O) groups is 1. The van der Waals surface area contributed by atoms with Gasteiger partial charge in [-0.2, -0.15) is 11.8 Å². The van der Waals surface area contributed by atoms with Crippen LogP contribution in [-0.2, 0) is 4.79 Å². The third-order valence-corrected chi connectivity index (χ3v) is 2.37. The maximum atomic E-state index is 10.3. The van der Waals surface area contributed by atoms with Crippen LogP contribution in [0.25, 0.3) is 0 Å². The molecule has 0 aromatic rings. The van der Waals surface area contributed by atoms with Crippen LogP contribution in [0.2, 0.25) is 0 Å². The fourth-order valence-corrected chi connectivity index (χ4v) is 1.42. The Morgan fingerprint density at radius 2 is 2.30 bits per heavy atom. The van der Waals surface area contributed by atoms with Gasteiger partial charge in [0.1, 0.15) is 6.04 Å². The van der Waals surface area contributed by atoms with E-state index in [0.717, 1.165) is 5.75 Å². The zero-order valence-electron chi connectivity index (χ0n) is 6.20. The topological polar surface area (TPSA) is 63.3 Å². The molecule has 0 aliphatic carbocycles. The van der Waals surface area contributed by atoms with Crippen molar-refractivity contribution in [3.63, 3.8) is 0 Å². The molecule has 0 aliphatic rings. The van der Waals surface area contributed by atoms with E-state index in [1.807, 2.05) is 13.8 Å². The Morgan fingerprint density at radius 1 is 1.80 bits per heavy atom. The first-order valence-corrected chi connectivity index (χ1v) is 4.24. The molecule has 2 atom stereocenters. The Hall–Kier alpha value is -0.220. The normalized spacial score (nSPS) is 16.3. The van der Waals surface area contributed by atoms with Gasteiger partial charge in [-0.25, -0.2) is 0 Å². The molecule has 1 unspecified atom stereocenters. The lowest BCUT2D eigenvalue weighted by Crippen LogP contribution is -2.38. The number of hydrogen-bond donors (Lipinski definition) is 2. The molecule has 60 valence electrons. The Kier molecular flexibility index (Phi) is 4.47. The molecule has 0 heterocycles. The number of rotatable bonds is 4. The highest BCUT2D eigenvalue weighted by Gasteiger charge is 2.18. The molecule has 0 bridgehead atoms. The van der Waals surface area contributed by atoms with Crippen LogP contribution in [0.3, 0.4) is 0 Å². The highest BCUT2D eigenvalue weighted by atomic mass is 32.2. The van der Waals surface area contributed by atoms with Gasteiger partial charge in [-0.3, -0.25) is 4.79 Å². The van der Waals surface area contributed by atoms with Crippen molar-refractivity contribution >= 4 is 17.7 Å². The molecule has 0 aliphatic heterocycles. The van der Waals surface area contributed by atoms with Crippen molar-refractivity contribution < 1.29 is 9.90 Å². The lowest BCUT2D eigenvalue weighted by molar-refractivity contribution is -0.138. The van der Waals surface area contributed by atoms with E-state index in [0.29, 0.717) is 0 Å². The number of carboxylic acid groups (broad SMARTS) is 1. The summed E-state index contributed by atoms with van der Waals surface area (Å²) in [6.45, 7) is 3.81. The van der Waals surface area contributed by atoms with Crippen LogP contribution in [0.5, 0.6) is 0 Å². The molecular weight excluding hydrogens is 150 g/mol. The fraction of sp³-hybridized carbons (Fsp3) is 0.833. The monoisotopic (exact) mass is 163 g/mol. The molecular formula is C6H13NO2S. The molecule has 0 saturated carbocycles. The van der Waals surface area contributed by atoms with Crippen molar-refractivity contribution in [3.8, 4) is 0 Å². The average molecular weight is 163 g/mol. The van der Waals surface area contributed by atoms with Gasteiger partial charge in [-0.15, -0.1) is 0 Å². The maximum absolute atomic E-state index is 10.3. The summed E-state index contributed by atoms with van der Waals surface area (Å²) >= 11 is 1.56. The van der Waals surface area contributed by atoms with Gasteiger partial charge in [0.2, 0.25) is 0 Å². The van der Waals surface area contributed by atoms with Crippen LogP contribution in [-0.4, -0.2) is 28.1 Å². The highest BCUT2D eigenvalue weighted by molar-refractivity contribution is 7.99. The zero-order valence-corrected chi connectivity index (χ0v) is 7.02. The third-order valence-electron chi connectivity index (χ3n) is 1.22. The predicted octanol–water partition coefficient (Wildman–Crippen LogP) is 0.540. The van der Waals surface area contributed by atoms with Crippen LogP contribution in [0.1, 0.15) is 13.8 Å². The molecule has 0 aromatic heterocycles. The smallest absolute Gasteiger partial charge is 0.321 e. The van der Waals surface area contributed by atoms with E-state index in [1.54, 1.807) is 11.8 Å². The molecule has 3 N–H and O–H groups in total. The van der Waals surface area contributed by atoms with E-state index >= 15 is 0 Å². The van der Waals surface area contributed by atoms with Gasteiger partial charge in [0.05, 0.1) is 0 Å². The first kappa shape index (κ1) is 9.78. The molecule has 10 heavy (non-hydrogen) atoms. The Morgan fingerprint density at radius 3 is 2.60 bits per heavy atom. The minimum absolute atomic E-state index is 0.00231. The minimum atomic E-state index is -0.923. The number of carboxylic acids is 1. The second kappa shape index (κ2) is 4.57. The maximum Gasteiger partial charge on any atom is 0.321 e. The van der Waals surface area contributed by atoms with E-state index in [-0.39, 0.29) is 5.25 Å². The van der Waals surface area contributed by atoms with E-state index in [2.05, 4.69) is 0 Å². The van der Waals surface area contributed by atoms with E-state index in [1.165, 1.54) is 0 Å². The standard InChI is InChI=1S/C6H13NO2S/c1-3-10-4(2)5(7)6(8)9/h4-5H,3,7H2,1-2H3,(H,8,9)/t4?,5-/m0/s1. The van der Waals surface area contributed by atoms with E-state index in [9.17, 15) is 4.79 Å². The van der Waals surface area contributed by atoms with Crippen LogP contribution in [0.4, 0.5) is 0 Å². The SMILES string of the molecule is CCSC(C)[C@H](N)C(=O)O. The third kappa shape index (κ3) is 3.08. The lowest BCUT2D eigenvalue weighted by Gasteiger charge is -2.13. The largest absolute Gasteiger partial charge is 0.480 e. The molecule has 0 fully saturated rings. The van der Waals surface area contributed by atoms with Gasteiger partial charge >= 0.3 is 5.97 Å². The Labute approximate surface area is 65.0 Å². The van der Waals surface area contributed by atoms with Gasteiger partial charge < -0.3 is 10.8 Å². The molecule has 0 amide bonds. The van der Waals surface area contributed by atoms with Crippen LogP contribution in [0, 0.1) is 0 Å².